The summed E-state index contributed by atoms with van der Waals surface area (Å²) in [5.74, 6) is 0.0483. The number of benzene rings is 1. The lowest BCUT2D eigenvalue weighted by molar-refractivity contribution is -0.122. The lowest BCUT2D eigenvalue weighted by Crippen LogP contribution is -2.31. The fraction of sp³-hybridized carbons (Fsp3) is 0.333. The van der Waals surface area contributed by atoms with Crippen LogP contribution in [0.15, 0.2) is 48.5 Å². The maximum Gasteiger partial charge on any atom is 0.221 e. The van der Waals surface area contributed by atoms with Crippen LogP contribution in [0.1, 0.15) is 37.2 Å². The average Bonchev–Trinajstić information content (AvgIpc) is 2.46. The van der Waals surface area contributed by atoms with Crippen LogP contribution in [0.3, 0.4) is 0 Å². The molecule has 3 heteroatoms. The van der Waals surface area contributed by atoms with Gasteiger partial charge in [-0.3, -0.25) is 9.78 Å². The molecule has 0 aliphatic carbocycles. The fourth-order valence-electron chi connectivity index (χ4n) is 2.34. The second kappa shape index (κ2) is 6.53. The smallest absolute Gasteiger partial charge is 0.221 e. The van der Waals surface area contributed by atoms with E-state index in [0.717, 1.165) is 11.4 Å². The normalized spacial score (nSPS) is 11.2. The molecule has 1 aromatic carbocycles. The van der Waals surface area contributed by atoms with Crippen LogP contribution in [0.25, 0.3) is 0 Å². The second-order valence-corrected chi connectivity index (χ2v) is 5.97. The van der Waals surface area contributed by atoms with E-state index in [0.29, 0.717) is 13.0 Å². The van der Waals surface area contributed by atoms with Gasteiger partial charge >= 0.3 is 0 Å². The number of nitrogens with zero attached hydrogens (tertiary/aromatic N) is 1. The number of aryl methyl sites for hydroxylation is 1. The van der Waals surface area contributed by atoms with Crippen LogP contribution >= 0.6 is 0 Å². The minimum absolute atomic E-state index is 0.0483. The van der Waals surface area contributed by atoms with E-state index in [2.05, 4.69) is 36.3 Å². The Balaban J connectivity index is 1.92. The zero-order valence-corrected chi connectivity index (χ0v) is 12.9. The van der Waals surface area contributed by atoms with Gasteiger partial charge in [0.15, 0.2) is 0 Å². The summed E-state index contributed by atoms with van der Waals surface area (Å²) in [4.78, 5) is 16.5. The quantitative estimate of drug-likeness (QED) is 0.913. The number of rotatable bonds is 5. The molecule has 0 radical (unpaired) electrons. The van der Waals surface area contributed by atoms with Gasteiger partial charge in [-0.2, -0.15) is 0 Å². The number of pyridine rings is 1. The first-order valence-electron chi connectivity index (χ1n) is 7.22. The van der Waals surface area contributed by atoms with Gasteiger partial charge in [-0.25, -0.2) is 0 Å². The van der Waals surface area contributed by atoms with Gasteiger partial charge in [0.25, 0.3) is 0 Å². The van der Waals surface area contributed by atoms with Crippen LogP contribution < -0.4 is 5.32 Å². The van der Waals surface area contributed by atoms with Crippen molar-refractivity contribution in [2.75, 3.05) is 0 Å². The fourth-order valence-corrected chi connectivity index (χ4v) is 2.34. The van der Waals surface area contributed by atoms with Crippen LogP contribution in [0.4, 0.5) is 0 Å². The minimum Gasteiger partial charge on any atom is -0.350 e. The third-order valence-electron chi connectivity index (χ3n) is 3.57. The summed E-state index contributed by atoms with van der Waals surface area (Å²) in [7, 11) is 0. The molecule has 0 aliphatic heterocycles. The highest BCUT2D eigenvalue weighted by molar-refractivity contribution is 5.77. The molecule has 0 unspecified atom stereocenters. The summed E-state index contributed by atoms with van der Waals surface area (Å²) in [5.41, 5.74) is 2.85. The number of hydrogen-bond acceptors (Lipinski definition) is 2. The Morgan fingerprint density at radius 1 is 1.10 bits per heavy atom. The monoisotopic (exact) mass is 282 g/mol. The number of amides is 1. The highest BCUT2D eigenvalue weighted by Crippen LogP contribution is 2.26. The zero-order chi connectivity index (χ0) is 15.3. The van der Waals surface area contributed by atoms with Crippen molar-refractivity contribution in [3.05, 3.63) is 65.5 Å². The van der Waals surface area contributed by atoms with Crippen molar-refractivity contribution >= 4 is 5.91 Å². The van der Waals surface area contributed by atoms with Gasteiger partial charge in [0.1, 0.15) is 0 Å². The van der Waals surface area contributed by atoms with Crippen LogP contribution in [0.5, 0.6) is 0 Å². The molecule has 1 amide bonds. The van der Waals surface area contributed by atoms with Crippen LogP contribution in [0.2, 0.25) is 0 Å². The summed E-state index contributed by atoms with van der Waals surface area (Å²) in [6, 6.07) is 16.0. The number of nitrogens with one attached hydrogen (secondary N) is 1. The van der Waals surface area contributed by atoms with Gasteiger partial charge in [0, 0.05) is 12.1 Å². The van der Waals surface area contributed by atoms with E-state index in [1.54, 1.807) is 0 Å². The van der Waals surface area contributed by atoms with E-state index in [1.807, 2.05) is 43.3 Å². The van der Waals surface area contributed by atoms with Crippen LogP contribution in [-0.4, -0.2) is 10.9 Å². The first-order valence-corrected chi connectivity index (χ1v) is 7.22. The molecule has 0 fully saturated rings. The summed E-state index contributed by atoms with van der Waals surface area (Å²) in [5, 5.41) is 2.95. The molecule has 0 aliphatic rings. The largest absolute Gasteiger partial charge is 0.350 e. The third-order valence-corrected chi connectivity index (χ3v) is 3.57. The van der Waals surface area contributed by atoms with E-state index in [9.17, 15) is 4.79 Å². The molecule has 1 heterocycles. The predicted octanol–water partition coefficient (Wildman–Crippen LogP) is 3.37. The number of carbonyl (C=O) groups is 1. The summed E-state index contributed by atoms with van der Waals surface area (Å²) in [6.45, 7) is 6.61. The van der Waals surface area contributed by atoms with E-state index < -0.39 is 0 Å². The highest BCUT2D eigenvalue weighted by Gasteiger charge is 2.23. The van der Waals surface area contributed by atoms with Crippen molar-refractivity contribution in [1.29, 1.82) is 0 Å². The molecule has 3 nitrogen and oxygen atoms in total. The van der Waals surface area contributed by atoms with Crippen molar-refractivity contribution in [3.63, 3.8) is 0 Å². The molecule has 1 N–H and O–H groups in total. The van der Waals surface area contributed by atoms with Crippen LogP contribution in [-0.2, 0) is 16.8 Å². The molecule has 110 valence electrons. The standard InChI is InChI=1S/C18H22N2O/c1-14-8-7-11-16(20-14)13-19-17(21)12-18(2,3)15-9-5-4-6-10-15/h4-11H,12-13H2,1-3H3,(H,19,21). The summed E-state index contributed by atoms with van der Waals surface area (Å²) in [6.07, 6.45) is 0.461. The van der Waals surface area contributed by atoms with E-state index in [4.69, 9.17) is 0 Å². The van der Waals surface area contributed by atoms with Gasteiger partial charge in [-0.1, -0.05) is 50.2 Å². The SMILES string of the molecule is Cc1cccc(CNC(=O)CC(C)(C)c2ccccc2)n1. The van der Waals surface area contributed by atoms with Crippen molar-refractivity contribution in [3.8, 4) is 0 Å². The van der Waals surface area contributed by atoms with Gasteiger partial charge in [0.2, 0.25) is 5.91 Å². The Morgan fingerprint density at radius 2 is 1.81 bits per heavy atom. The minimum atomic E-state index is -0.175. The zero-order valence-electron chi connectivity index (χ0n) is 12.9. The molecule has 2 rings (SSSR count). The number of carbonyl (C=O) groups excluding carboxylic acids is 1. The topological polar surface area (TPSA) is 42.0 Å². The second-order valence-electron chi connectivity index (χ2n) is 5.97. The average molecular weight is 282 g/mol. The highest BCUT2D eigenvalue weighted by atomic mass is 16.1. The third kappa shape index (κ3) is 4.42. The Bertz CT molecular complexity index is 606. The van der Waals surface area contributed by atoms with Gasteiger partial charge < -0.3 is 5.32 Å². The van der Waals surface area contributed by atoms with Crippen LogP contribution in [0, 0.1) is 6.92 Å². The van der Waals surface area contributed by atoms with Crippen molar-refractivity contribution in [2.24, 2.45) is 0 Å². The molecular formula is C18H22N2O. The molecule has 2 aromatic rings. The van der Waals surface area contributed by atoms with Crippen molar-refractivity contribution in [2.45, 2.75) is 39.2 Å². The Kier molecular flexibility index (Phi) is 4.73. The molecule has 0 atom stereocenters. The molecule has 0 saturated heterocycles. The number of hydrogen-bond donors (Lipinski definition) is 1. The Labute approximate surface area is 126 Å². The molecule has 21 heavy (non-hydrogen) atoms. The first-order chi connectivity index (χ1) is 9.97. The Morgan fingerprint density at radius 3 is 2.48 bits per heavy atom. The van der Waals surface area contributed by atoms with Gasteiger partial charge in [0.05, 0.1) is 12.2 Å². The lowest BCUT2D eigenvalue weighted by Gasteiger charge is -2.24. The molecular weight excluding hydrogens is 260 g/mol. The summed E-state index contributed by atoms with van der Waals surface area (Å²) < 4.78 is 0. The molecule has 0 spiro atoms. The number of aromatic nitrogens is 1. The Hall–Kier alpha value is -2.16. The van der Waals surface area contributed by atoms with Gasteiger partial charge in [-0.05, 0) is 30.0 Å². The van der Waals surface area contributed by atoms with Crippen molar-refractivity contribution < 1.29 is 4.79 Å². The van der Waals surface area contributed by atoms with E-state index in [1.165, 1.54) is 5.56 Å². The van der Waals surface area contributed by atoms with Crippen molar-refractivity contribution in [1.82, 2.24) is 10.3 Å². The maximum atomic E-state index is 12.2. The molecule has 0 saturated carbocycles. The van der Waals surface area contributed by atoms with E-state index in [-0.39, 0.29) is 11.3 Å². The maximum absolute atomic E-state index is 12.2. The molecule has 0 bridgehead atoms. The summed E-state index contributed by atoms with van der Waals surface area (Å²) >= 11 is 0. The first kappa shape index (κ1) is 15.2. The van der Waals surface area contributed by atoms with Gasteiger partial charge in [-0.15, -0.1) is 0 Å². The molecule has 1 aromatic heterocycles. The predicted molar refractivity (Wildman–Crippen MR) is 84.9 cm³/mol. The lowest BCUT2D eigenvalue weighted by atomic mass is 9.81. The van der Waals surface area contributed by atoms with E-state index >= 15 is 0 Å².